The summed E-state index contributed by atoms with van der Waals surface area (Å²) >= 11 is 1.43. The third-order valence-corrected chi connectivity index (χ3v) is 10.2. The third kappa shape index (κ3) is 14.3. The molecule has 1 saturated heterocycles. The van der Waals surface area contributed by atoms with Gasteiger partial charge in [0.2, 0.25) is 5.91 Å². The van der Waals surface area contributed by atoms with Crippen LogP contribution in [0.3, 0.4) is 0 Å². The highest BCUT2D eigenvalue weighted by Gasteiger charge is 2.27. The molecule has 2 aromatic carbocycles. The molecule has 2 aromatic heterocycles. The van der Waals surface area contributed by atoms with Crippen molar-refractivity contribution in [2.45, 2.75) is 83.1 Å². The zero-order valence-electron chi connectivity index (χ0n) is 32.0. The van der Waals surface area contributed by atoms with Crippen molar-refractivity contribution >= 4 is 29.4 Å². The van der Waals surface area contributed by atoms with Gasteiger partial charge in [0.15, 0.2) is 0 Å². The molecule has 0 aliphatic carbocycles. The predicted molar refractivity (Wildman–Crippen MR) is 212 cm³/mol. The van der Waals surface area contributed by atoms with E-state index in [1.54, 1.807) is 24.8 Å². The molecule has 3 unspecified atom stereocenters. The SMILES string of the molecule is CC(C)c1c#ccc(CN(C)C(=O)NC(CCN2CCOCC2)C(=O)NC(CCC(Cc2ccccc2)NC(=O)OCc2cncs2)Cc2ccccc2)n1. The van der Waals surface area contributed by atoms with Crippen LogP contribution < -0.4 is 16.0 Å². The van der Waals surface area contributed by atoms with Crippen molar-refractivity contribution in [3.05, 3.63) is 118 Å². The summed E-state index contributed by atoms with van der Waals surface area (Å²) in [4.78, 5) is 54.2. The normalized spacial score (nSPS) is 14.6. The summed E-state index contributed by atoms with van der Waals surface area (Å²) in [7, 11) is 1.69. The smallest absolute Gasteiger partial charge is 0.407 e. The second-order valence-electron chi connectivity index (χ2n) is 14.2. The molecule has 0 radical (unpaired) electrons. The number of aromatic nitrogens is 2. The summed E-state index contributed by atoms with van der Waals surface area (Å²) in [5, 5.41) is 9.39. The number of hydrogen-bond acceptors (Lipinski definition) is 9. The minimum absolute atomic E-state index is 0.145. The van der Waals surface area contributed by atoms with E-state index in [0.717, 1.165) is 34.8 Å². The number of carbonyl (C=O) groups excluding carboxylic acids is 3. The summed E-state index contributed by atoms with van der Waals surface area (Å²) < 4.78 is 11.1. The minimum Gasteiger partial charge on any atom is -0.444 e. The Morgan fingerprint density at radius 3 is 2.20 bits per heavy atom. The van der Waals surface area contributed by atoms with Gasteiger partial charge in [-0.25, -0.2) is 14.6 Å². The first-order valence-corrected chi connectivity index (χ1v) is 19.9. The first kappa shape index (κ1) is 41.1. The molecule has 4 aromatic rings. The van der Waals surface area contributed by atoms with Crippen molar-refractivity contribution in [2.75, 3.05) is 39.9 Å². The number of ether oxygens (including phenoxy) is 2. The van der Waals surface area contributed by atoms with Gasteiger partial charge in [-0.15, -0.1) is 11.3 Å². The van der Waals surface area contributed by atoms with Crippen molar-refractivity contribution < 1.29 is 23.9 Å². The molecular formula is C42H53N7O5S. The van der Waals surface area contributed by atoms with Crippen LogP contribution in [0.4, 0.5) is 9.59 Å². The Morgan fingerprint density at radius 2 is 1.58 bits per heavy atom. The highest BCUT2D eigenvalue weighted by atomic mass is 32.1. The molecule has 13 heteroatoms. The average molecular weight is 768 g/mol. The van der Waals surface area contributed by atoms with Crippen LogP contribution in [0.2, 0.25) is 0 Å². The Morgan fingerprint density at radius 1 is 0.927 bits per heavy atom. The number of nitrogens with one attached hydrogen (secondary N) is 3. The molecule has 3 atom stereocenters. The highest BCUT2D eigenvalue weighted by molar-refractivity contribution is 7.09. The fourth-order valence-electron chi connectivity index (χ4n) is 6.35. The zero-order chi connectivity index (χ0) is 38.8. The topological polar surface area (TPSA) is 138 Å². The van der Waals surface area contributed by atoms with E-state index < -0.39 is 12.1 Å². The van der Waals surface area contributed by atoms with Crippen LogP contribution in [-0.2, 0) is 40.3 Å². The Balaban J connectivity index is 1.28. The maximum atomic E-state index is 14.3. The van der Waals surface area contributed by atoms with Gasteiger partial charge >= 0.3 is 12.1 Å². The van der Waals surface area contributed by atoms with Crippen molar-refractivity contribution in [1.29, 1.82) is 0 Å². The van der Waals surface area contributed by atoms with Gasteiger partial charge in [-0.05, 0) is 49.3 Å². The number of nitrogens with zero attached hydrogens (tertiary/aromatic N) is 4. The van der Waals surface area contributed by atoms with E-state index in [1.807, 2.05) is 74.5 Å². The number of benzene rings is 2. The summed E-state index contributed by atoms with van der Waals surface area (Å²) in [5.74, 6) is -0.0739. The Hall–Kier alpha value is -5.03. The fraction of sp³-hybridized carbons (Fsp3) is 0.452. The van der Waals surface area contributed by atoms with Gasteiger partial charge in [0.05, 0.1) is 41.5 Å². The number of urea groups is 1. The van der Waals surface area contributed by atoms with Crippen LogP contribution in [-0.4, -0.2) is 95.8 Å². The molecule has 292 valence electrons. The van der Waals surface area contributed by atoms with Gasteiger partial charge in [0.25, 0.3) is 0 Å². The summed E-state index contributed by atoms with van der Waals surface area (Å²) in [6.45, 7) is 7.92. The van der Waals surface area contributed by atoms with Crippen LogP contribution in [0, 0.1) is 12.1 Å². The van der Waals surface area contributed by atoms with E-state index in [4.69, 9.17) is 9.47 Å². The van der Waals surface area contributed by atoms with Crippen LogP contribution in [0.15, 0.2) is 78.4 Å². The van der Waals surface area contributed by atoms with Crippen LogP contribution in [0.1, 0.15) is 66.4 Å². The van der Waals surface area contributed by atoms with E-state index in [1.165, 1.54) is 16.2 Å². The maximum absolute atomic E-state index is 14.3. The number of rotatable bonds is 19. The first-order chi connectivity index (χ1) is 26.7. The average Bonchev–Trinajstić information content (AvgIpc) is 3.73. The van der Waals surface area contributed by atoms with E-state index in [0.29, 0.717) is 57.6 Å². The zero-order valence-corrected chi connectivity index (χ0v) is 32.9. The third-order valence-electron chi connectivity index (χ3n) is 9.46. The number of alkyl carbamates (subject to hydrolysis) is 1. The Labute approximate surface area is 329 Å². The summed E-state index contributed by atoms with van der Waals surface area (Å²) in [6, 6.07) is 26.1. The molecule has 3 heterocycles. The van der Waals surface area contributed by atoms with Gasteiger partial charge in [0.1, 0.15) is 12.6 Å². The van der Waals surface area contributed by atoms with Crippen molar-refractivity contribution in [2.24, 2.45) is 0 Å². The Kier molecular flexibility index (Phi) is 16.3. The quantitative estimate of drug-likeness (QED) is 0.113. The van der Waals surface area contributed by atoms with Gasteiger partial charge < -0.3 is 30.3 Å². The largest absolute Gasteiger partial charge is 0.444 e. The maximum Gasteiger partial charge on any atom is 0.407 e. The van der Waals surface area contributed by atoms with E-state index in [-0.39, 0.29) is 43.1 Å². The van der Waals surface area contributed by atoms with Crippen molar-refractivity contribution in [3.8, 4) is 0 Å². The minimum atomic E-state index is -0.786. The molecule has 4 amide bonds. The predicted octanol–water partition coefficient (Wildman–Crippen LogP) is 5.54. The molecule has 0 spiro atoms. The van der Waals surface area contributed by atoms with Crippen LogP contribution >= 0.6 is 11.3 Å². The lowest BCUT2D eigenvalue weighted by Gasteiger charge is -2.30. The van der Waals surface area contributed by atoms with E-state index in [9.17, 15) is 14.4 Å². The number of hydrogen-bond donors (Lipinski definition) is 3. The fourth-order valence-corrected chi connectivity index (χ4v) is 6.86. The van der Waals surface area contributed by atoms with Crippen LogP contribution in [0.25, 0.3) is 0 Å². The monoisotopic (exact) mass is 767 g/mol. The molecule has 1 aliphatic rings. The number of amides is 4. The highest BCUT2D eigenvalue weighted by Crippen LogP contribution is 2.16. The van der Waals surface area contributed by atoms with E-state index >= 15 is 0 Å². The number of thiazole rings is 1. The van der Waals surface area contributed by atoms with Crippen molar-refractivity contribution in [3.63, 3.8) is 0 Å². The van der Waals surface area contributed by atoms with Gasteiger partial charge in [-0.3, -0.25) is 14.7 Å². The first-order valence-electron chi connectivity index (χ1n) is 19.0. The Bertz CT molecular complexity index is 1740. The molecule has 0 saturated carbocycles. The second kappa shape index (κ2) is 21.8. The summed E-state index contributed by atoms with van der Waals surface area (Å²) in [5.41, 5.74) is 5.34. The van der Waals surface area contributed by atoms with Gasteiger partial charge in [-0.1, -0.05) is 80.6 Å². The molecule has 1 aliphatic heterocycles. The van der Waals surface area contributed by atoms with Gasteiger partial charge in [-0.2, -0.15) is 0 Å². The van der Waals surface area contributed by atoms with Gasteiger partial charge in [0, 0.05) is 56.9 Å². The number of carbonyl (C=O) groups is 3. The molecule has 0 bridgehead atoms. The molecule has 12 nitrogen and oxygen atoms in total. The molecule has 55 heavy (non-hydrogen) atoms. The molecule has 5 rings (SSSR count). The van der Waals surface area contributed by atoms with Crippen LogP contribution in [0.5, 0.6) is 0 Å². The van der Waals surface area contributed by atoms with E-state index in [2.05, 4.69) is 43.0 Å². The lowest BCUT2D eigenvalue weighted by Crippen LogP contribution is -2.54. The van der Waals surface area contributed by atoms with Crippen molar-refractivity contribution in [1.82, 2.24) is 35.7 Å². The number of morpholine rings is 1. The molecule has 3 N–H and O–H groups in total. The standard InChI is InChI=1S/C42H53N7O5S/c1-31(2)38-16-10-15-36(44-38)28-48(3)41(51)47-39(19-20-49-21-23-53-24-22-49)40(50)45-34(25-32-11-6-4-7-12-32)17-18-35(26-33-13-8-5-9-14-33)46-42(52)54-29-37-27-43-30-55-37/h4-9,11-15,27,30-31,34-35,39H,17-26,28-29H2,1-3H3,(H,45,50)(H,46,52)(H,47,51). The lowest BCUT2D eigenvalue weighted by molar-refractivity contribution is -0.124. The summed E-state index contributed by atoms with van der Waals surface area (Å²) in [6.07, 6.45) is 3.93. The molecule has 1 fully saturated rings. The lowest BCUT2D eigenvalue weighted by atomic mass is 9.95. The second-order valence-corrected chi connectivity index (χ2v) is 15.2. The molecular weight excluding hydrogens is 715 g/mol.